The molecule has 0 bridgehead atoms. The second-order valence-corrected chi connectivity index (χ2v) is 12.5. The van der Waals surface area contributed by atoms with Crippen molar-refractivity contribution in [1.82, 2.24) is 0 Å². The third kappa shape index (κ3) is 4.48. The third-order valence-corrected chi connectivity index (χ3v) is 10.6. The second-order valence-electron chi connectivity index (χ2n) is 12.5. The van der Waals surface area contributed by atoms with Crippen LogP contribution >= 0.6 is 0 Å². The summed E-state index contributed by atoms with van der Waals surface area (Å²) in [5.74, 6) is 0. The van der Waals surface area contributed by atoms with Gasteiger partial charge < -0.3 is 7.16 Å². The molecule has 0 radical (unpaired) electrons. The first kappa shape index (κ1) is 30.9. The van der Waals surface area contributed by atoms with Crippen LogP contribution in [0.15, 0.2) is 72.8 Å². The van der Waals surface area contributed by atoms with Crippen molar-refractivity contribution in [1.29, 1.82) is 5.26 Å². The summed E-state index contributed by atoms with van der Waals surface area (Å²) < 4.78 is 0. The maximum atomic E-state index is 9.51. The van der Waals surface area contributed by atoms with Gasteiger partial charge in [0.15, 0.2) is 17.4 Å². The number of aryl methyl sites for hydroxylation is 6. The van der Waals surface area contributed by atoms with E-state index in [1.165, 1.54) is 83.0 Å². The minimum atomic E-state index is 0. The van der Waals surface area contributed by atoms with Gasteiger partial charge in [0, 0.05) is 17.4 Å². The SMILES string of the molecule is Cc1cccc2c1[C@]1(CC2)CCc2cccc(C#N)c21.Cc1cccc2c1[C@]1(CC2)CCc2cccc(CN)c21.[AlH3].[H-].[Li+]. The molecule has 0 aliphatic heterocycles. The Morgan fingerprint density at radius 1 is 0.643 bits per heavy atom. The van der Waals surface area contributed by atoms with Gasteiger partial charge in [0.1, 0.15) is 0 Å². The van der Waals surface area contributed by atoms with E-state index in [9.17, 15) is 5.26 Å². The van der Waals surface area contributed by atoms with Crippen molar-refractivity contribution in [3.8, 4) is 6.07 Å². The van der Waals surface area contributed by atoms with Crippen LogP contribution in [-0.4, -0.2) is 17.4 Å². The first-order valence-electron chi connectivity index (χ1n) is 15.0. The van der Waals surface area contributed by atoms with Crippen LogP contribution in [0.25, 0.3) is 0 Å². The van der Waals surface area contributed by atoms with E-state index in [0.717, 1.165) is 18.4 Å². The molecule has 0 unspecified atom stereocenters. The summed E-state index contributed by atoms with van der Waals surface area (Å²) >= 11 is 0. The Balaban J connectivity index is 0.000000184. The predicted octanol–water partition coefficient (Wildman–Crippen LogP) is 3.61. The molecule has 2 nitrogen and oxygen atoms in total. The summed E-state index contributed by atoms with van der Waals surface area (Å²) in [5.41, 5.74) is 23.5. The maximum Gasteiger partial charge on any atom is 1.00 e. The molecule has 2 N–H and O–H groups in total. The van der Waals surface area contributed by atoms with Crippen molar-refractivity contribution in [2.75, 3.05) is 0 Å². The second kappa shape index (κ2) is 11.9. The molecule has 8 rings (SSSR count). The molecule has 42 heavy (non-hydrogen) atoms. The van der Waals surface area contributed by atoms with Gasteiger partial charge >= 0.3 is 18.9 Å². The van der Waals surface area contributed by atoms with Crippen molar-refractivity contribution < 1.29 is 20.3 Å². The fourth-order valence-electron chi connectivity index (χ4n) is 9.25. The van der Waals surface area contributed by atoms with Crippen molar-refractivity contribution in [3.63, 3.8) is 0 Å². The van der Waals surface area contributed by atoms with Crippen LogP contribution in [0.4, 0.5) is 0 Å². The number of benzene rings is 4. The van der Waals surface area contributed by atoms with Crippen molar-refractivity contribution >= 4 is 17.4 Å². The van der Waals surface area contributed by atoms with Gasteiger partial charge in [0.2, 0.25) is 0 Å². The van der Waals surface area contributed by atoms with Gasteiger partial charge in [-0.3, -0.25) is 0 Å². The minimum absolute atomic E-state index is 0. The molecule has 2 atom stereocenters. The molecule has 4 aliphatic rings. The summed E-state index contributed by atoms with van der Waals surface area (Å²) in [6, 6.07) is 28.8. The first-order valence-corrected chi connectivity index (χ1v) is 15.0. The Bertz CT molecular complexity index is 1700. The Labute approximate surface area is 275 Å². The molecule has 4 heteroatoms. The number of nitrogens with zero attached hydrogens (tertiary/aromatic N) is 1. The van der Waals surface area contributed by atoms with Crippen LogP contribution in [0, 0.1) is 25.2 Å². The largest absolute Gasteiger partial charge is 1.00 e. The fourth-order valence-corrected chi connectivity index (χ4v) is 9.25. The summed E-state index contributed by atoms with van der Waals surface area (Å²) in [6.07, 6.45) is 9.54. The van der Waals surface area contributed by atoms with E-state index in [1.54, 1.807) is 16.7 Å². The van der Waals surface area contributed by atoms with E-state index in [-0.39, 0.29) is 48.5 Å². The molecule has 0 aromatic heterocycles. The number of nitriles is 1. The van der Waals surface area contributed by atoms with Crippen molar-refractivity contribution in [2.24, 2.45) is 5.73 Å². The summed E-state index contributed by atoms with van der Waals surface area (Å²) in [5, 5.41) is 9.51. The van der Waals surface area contributed by atoms with Gasteiger partial charge in [0.05, 0.1) is 11.6 Å². The molecule has 4 aliphatic carbocycles. The maximum absolute atomic E-state index is 9.51. The number of hydrogen-bond donors (Lipinski definition) is 1. The fraction of sp³-hybridized carbons (Fsp3) is 0.342. The zero-order valence-corrected chi connectivity index (χ0v) is 24.8. The van der Waals surface area contributed by atoms with Crippen LogP contribution in [0.2, 0.25) is 0 Å². The third-order valence-electron chi connectivity index (χ3n) is 10.6. The van der Waals surface area contributed by atoms with Gasteiger partial charge in [-0.05, 0) is 132 Å². The number of rotatable bonds is 1. The van der Waals surface area contributed by atoms with E-state index >= 15 is 0 Å². The zero-order valence-electron chi connectivity index (χ0n) is 25.8. The van der Waals surface area contributed by atoms with Gasteiger partial charge in [0.25, 0.3) is 0 Å². The Kier molecular flexibility index (Phi) is 8.73. The van der Waals surface area contributed by atoms with E-state index in [4.69, 9.17) is 5.73 Å². The predicted molar refractivity (Wildman–Crippen MR) is 174 cm³/mol. The van der Waals surface area contributed by atoms with Crippen LogP contribution in [0.5, 0.6) is 0 Å². The van der Waals surface area contributed by atoms with E-state index < -0.39 is 0 Å². The average Bonchev–Trinajstić information content (AvgIpc) is 3.75. The van der Waals surface area contributed by atoms with Gasteiger partial charge in [-0.2, -0.15) is 5.26 Å². The average molecular weight is 561 g/mol. The van der Waals surface area contributed by atoms with Gasteiger partial charge in [-0.1, -0.05) is 66.7 Å². The smallest absolute Gasteiger partial charge is 1.00 e. The Morgan fingerprint density at radius 3 is 1.52 bits per heavy atom. The monoisotopic (exact) mass is 560 g/mol. The molecule has 0 heterocycles. The Morgan fingerprint density at radius 2 is 1.05 bits per heavy atom. The van der Waals surface area contributed by atoms with Crippen molar-refractivity contribution in [2.45, 2.75) is 82.6 Å². The molecule has 0 saturated carbocycles. The van der Waals surface area contributed by atoms with Crippen LogP contribution < -0.4 is 24.6 Å². The van der Waals surface area contributed by atoms with Crippen molar-refractivity contribution in [3.05, 3.63) is 140 Å². The number of fused-ring (bicyclic) bond motifs is 8. The molecular formula is C38H42AlLiN2. The molecule has 2 spiro atoms. The molecule has 208 valence electrons. The van der Waals surface area contributed by atoms with E-state index in [0.29, 0.717) is 6.54 Å². The molecule has 4 aromatic rings. The van der Waals surface area contributed by atoms with Crippen LogP contribution in [0.1, 0.15) is 93.9 Å². The van der Waals surface area contributed by atoms with E-state index in [1.807, 2.05) is 12.1 Å². The van der Waals surface area contributed by atoms with E-state index in [2.05, 4.69) is 80.6 Å². The zero-order chi connectivity index (χ0) is 27.5. The summed E-state index contributed by atoms with van der Waals surface area (Å²) in [6.45, 7) is 5.15. The number of nitrogens with two attached hydrogens (primary N) is 1. The first-order chi connectivity index (χ1) is 19.5. The Hall–Kier alpha value is -2.54. The molecular weight excluding hydrogens is 518 g/mol. The van der Waals surface area contributed by atoms with Crippen LogP contribution in [-0.2, 0) is 43.1 Å². The molecule has 0 amide bonds. The minimum Gasteiger partial charge on any atom is -1.00 e. The van der Waals surface area contributed by atoms with Gasteiger partial charge in [-0.15, -0.1) is 0 Å². The topological polar surface area (TPSA) is 49.8 Å². The normalized spacial score (nSPS) is 21.8. The van der Waals surface area contributed by atoms with Crippen LogP contribution in [0.3, 0.4) is 0 Å². The summed E-state index contributed by atoms with van der Waals surface area (Å²) in [4.78, 5) is 0. The molecule has 0 saturated heterocycles. The summed E-state index contributed by atoms with van der Waals surface area (Å²) in [7, 11) is 0. The van der Waals surface area contributed by atoms with Gasteiger partial charge in [-0.25, -0.2) is 0 Å². The standard InChI is InChI=1S/C19H21N.C19H17N.Al.Li.4H/c2*1-13-4-2-5-14-8-10-19(17(13)14)11-9-15-6-3-7-16(12-20)18(15)19;;;;;;/h2-7H,8-12,20H2,1H3;2-7H,8-11H2,1H3;;;;;;/q;;;+1;;;;-1/t2*19-;;;;;;/m00....../s1. The number of hydrogen-bond acceptors (Lipinski definition) is 2. The quantitative estimate of drug-likeness (QED) is 0.362. The molecule has 4 aromatic carbocycles. The molecule has 0 fully saturated rings.